The summed E-state index contributed by atoms with van der Waals surface area (Å²) < 4.78 is 14.3. The van der Waals surface area contributed by atoms with E-state index in [-0.39, 0.29) is 22.8 Å². The first-order valence-electron chi connectivity index (χ1n) is 7.18. The number of carbonyl (C=O) groups excluding carboxylic acids is 1. The van der Waals surface area contributed by atoms with Gasteiger partial charge in [-0.25, -0.2) is 4.39 Å². The Labute approximate surface area is 128 Å². The maximum atomic E-state index is 14.3. The lowest BCUT2D eigenvalue weighted by atomic mass is 9.85. The Kier molecular flexibility index (Phi) is 3.80. The molecule has 3 N–H and O–H groups in total. The largest absolute Gasteiger partial charge is 0.389 e. The van der Waals surface area contributed by atoms with E-state index in [1.165, 1.54) is 6.07 Å². The van der Waals surface area contributed by atoms with Gasteiger partial charge < -0.3 is 16.0 Å². The predicted molar refractivity (Wildman–Crippen MR) is 83.8 cm³/mol. The topological polar surface area (TPSA) is 58.4 Å². The number of piperidine rings is 2. The molecule has 0 radical (unpaired) electrons. The molecule has 1 aromatic carbocycles. The maximum Gasteiger partial charge on any atom is 0.220 e. The van der Waals surface area contributed by atoms with Gasteiger partial charge in [-0.05, 0) is 37.0 Å². The van der Waals surface area contributed by atoms with Gasteiger partial charge in [-0.15, -0.1) is 0 Å². The maximum absolute atomic E-state index is 14.3. The molecule has 2 atom stereocenters. The molecule has 2 fully saturated rings. The number of nitrogens with one attached hydrogen (secondary N) is 1. The molecular formula is C15H18FN3OS. The number of anilines is 1. The second kappa shape index (κ2) is 5.60. The molecule has 2 aliphatic rings. The SMILES string of the molecule is NC(=S)c1ccc(N2CCC3NC(=O)CCC3C2)c(F)c1. The minimum absolute atomic E-state index is 0.136. The van der Waals surface area contributed by atoms with E-state index in [2.05, 4.69) is 10.2 Å². The zero-order valence-electron chi connectivity index (χ0n) is 11.6. The van der Waals surface area contributed by atoms with Crippen molar-refractivity contribution in [3.05, 3.63) is 29.6 Å². The van der Waals surface area contributed by atoms with E-state index >= 15 is 0 Å². The second-order valence-electron chi connectivity index (χ2n) is 5.74. The number of rotatable bonds is 2. The van der Waals surface area contributed by atoms with Crippen LogP contribution in [0.5, 0.6) is 0 Å². The zero-order chi connectivity index (χ0) is 15.0. The summed E-state index contributed by atoms with van der Waals surface area (Å²) in [6.07, 6.45) is 2.30. The summed E-state index contributed by atoms with van der Waals surface area (Å²) >= 11 is 4.87. The quantitative estimate of drug-likeness (QED) is 0.814. The highest BCUT2D eigenvalue weighted by molar-refractivity contribution is 7.80. The van der Waals surface area contributed by atoms with Crippen LogP contribution in [0.1, 0.15) is 24.8 Å². The van der Waals surface area contributed by atoms with Crippen LogP contribution in [0.3, 0.4) is 0 Å². The third-order valence-electron chi connectivity index (χ3n) is 4.40. The highest BCUT2D eigenvalue weighted by atomic mass is 32.1. The average Bonchev–Trinajstić information content (AvgIpc) is 2.46. The number of fused-ring (bicyclic) bond motifs is 1. The van der Waals surface area contributed by atoms with Crippen molar-refractivity contribution >= 4 is 28.8 Å². The average molecular weight is 307 g/mol. The van der Waals surface area contributed by atoms with E-state index < -0.39 is 0 Å². The molecule has 0 aliphatic carbocycles. The van der Waals surface area contributed by atoms with Crippen molar-refractivity contribution in [3.63, 3.8) is 0 Å². The van der Waals surface area contributed by atoms with Crippen LogP contribution in [-0.4, -0.2) is 30.0 Å². The molecule has 112 valence electrons. The van der Waals surface area contributed by atoms with Gasteiger partial charge in [-0.2, -0.15) is 0 Å². The van der Waals surface area contributed by atoms with Crippen LogP contribution in [0.25, 0.3) is 0 Å². The Morgan fingerprint density at radius 2 is 2.24 bits per heavy atom. The smallest absolute Gasteiger partial charge is 0.220 e. The summed E-state index contributed by atoms with van der Waals surface area (Å²) in [7, 11) is 0. The lowest BCUT2D eigenvalue weighted by molar-refractivity contribution is -0.124. The second-order valence-corrected chi connectivity index (χ2v) is 6.18. The summed E-state index contributed by atoms with van der Waals surface area (Å²) in [6, 6.07) is 5.13. The predicted octanol–water partition coefficient (Wildman–Crippen LogP) is 1.56. The summed E-state index contributed by atoms with van der Waals surface area (Å²) in [5.74, 6) is 0.237. The summed E-state index contributed by atoms with van der Waals surface area (Å²) in [6.45, 7) is 1.51. The zero-order valence-corrected chi connectivity index (χ0v) is 12.5. The van der Waals surface area contributed by atoms with Gasteiger partial charge in [0.1, 0.15) is 10.8 Å². The van der Waals surface area contributed by atoms with Gasteiger partial charge in [0.25, 0.3) is 0 Å². The summed E-state index contributed by atoms with van der Waals surface area (Å²) in [5, 5.41) is 3.04. The van der Waals surface area contributed by atoms with E-state index in [1.54, 1.807) is 12.1 Å². The third kappa shape index (κ3) is 2.85. The molecule has 2 heterocycles. The highest BCUT2D eigenvalue weighted by Gasteiger charge is 2.34. The number of nitrogens with zero attached hydrogens (tertiary/aromatic N) is 1. The standard InChI is InChI=1S/C15H18FN3OS/c16-11-7-9(15(17)21)1-3-13(11)19-6-5-12-10(8-19)2-4-14(20)18-12/h1,3,7,10,12H,2,4-6,8H2,(H2,17,21)(H,18,20). The number of carbonyl (C=O) groups is 1. The number of hydrogen-bond acceptors (Lipinski definition) is 3. The minimum Gasteiger partial charge on any atom is -0.389 e. The first-order valence-corrected chi connectivity index (χ1v) is 7.59. The molecule has 2 saturated heterocycles. The Hall–Kier alpha value is -1.69. The van der Waals surface area contributed by atoms with Gasteiger partial charge in [0.15, 0.2) is 0 Å². The third-order valence-corrected chi connectivity index (χ3v) is 4.63. The molecule has 1 amide bonds. The van der Waals surface area contributed by atoms with Crippen LogP contribution in [0, 0.1) is 11.7 Å². The summed E-state index contributed by atoms with van der Waals surface area (Å²) in [4.78, 5) is 13.7. The van der Waals surface area contributed by atoms with Crippen LogP contribution < -0.4 is 16.0 Å². The van der Waals surface area contributed by atoms with Gasteiger partial charge >= 0.3 is 0 Å². The first kappa shape index (κ1) is 14.3. The van der Waals surface area contributed by atoms with Gasteiger partial charge in [-0.1, -0.05) is 12.2 Å². The molecule has 0 saturated carbocycles. The molecule has 2 aliphatic heterocycles. The number of benzene rings is 1. The number of amides is 1. The Balaban J connectivity index is 1.76. The van der Waals surface area contributed by atoms with Crippen molar-refractivity contribution in [1.29, 1.82) is 0 Å². The van der Waals surface area contributed by atoms with Crippen LogP contribution in [-0.2, 0) is 4.79 Å². The molecule has 3 rings (SSSR count). The van der Waals surface area contributed by atoms with Gasteiger partial charge in [0, 0.05) is 31.1 Å². The van der Waals surface area contributed by atoms with E-state index in [0.717, 1.165) is 25.9 Å². The van der Waals surface area contributed by atoms with Crippen LogP contribution >= 0.6 is 12.2 Å². The van der Waals surface area contributed by atoms with Crippen LogP contribution in [0.2, 0.25) is 0 Å². The molecule has 0 bridgehead atoms. The number of hydrogen-bond donors (Lipinski definition) is 2. The van der Waals surface area contributed by atoms with Gasteiger partial charge in [0.05, 0.1) is 5.69 Å². The monoisotopic (exact) mass is 307 g/mol. The first-order chi connectivity index (χ1) is 10.0. The van der Waals surface area contributed by atoms with Crippen molar-refractivity contribution in [2.75, 3.05) is 18.0 Å². The highest BCUT2D eigenvalue weighted by Crippen LogP contribution is 2.30. The van der Waals surface area contributed by atoms with Crippen molar-refractivity contribution in [1.82, 2.24) is 5.32 Å². The number of thiocarbonyl (C=S) groups is 1. The van der Waals surface area contributed by atoms with E-state index in [9.17, 15) is 9.18 Å². The fraction of sp³-hybridized carbons (Fsp3) is 0.467. The Bertz CT molecular complexity index is 592. The summed E-state index contributed by atoms with van der Waals surface area (Å²) in [5.41, 5.74) is 6.66. The molecule has 6 heteroatoms. The normalized spacial score (nSPS) is 25.2. The van der Waals surface area contributed by atoms with Crippen molar-refractivity contribution < 1.29 is 9.18 Å². The molecule has 21 heavy (non-hydrogen) atoms. The fourth-order valence-electron chi connectivity index (χ4n) is 3.25. The van der Waals surface area contributed by atoms with Gasteiger partial charge in [0.2, 0.25) is 5.91 Å². The number of halogens is 1. The van der Waals surface area contributed by atoms with Crippen molar-refractivity contribution in [2.45, 2.75) is 25.3 Å². The molecule has 1 aromatic rings. The molecule has 4 nitrogen and oxygen atoms in total. The lowest BCUT2D eigenvalue weighted by Gasteiger charge is -2.42. The Morgan fingerprint density at radius 3 is 2.95 bits per heavy atom. The number of nitrogens with two attached hydrogens (primary N) is 1. The van der Waals surface area contributed by atoms with Crippen LogP contribution in [0.4, 0.5) is 10.1 Å². The van der Waals surface area contributed by atoms with E-state index in [4.69, 9.17) is 18.0 Å². The van der Waals surface area contributed by atoms with Crippen molar-refractivity contribution in [3.8, 4) is 0 Å². The van der Waals surface area contributed by atoms with E-state index in [0.29, 0.717) is 23.6 Å². The van der Waals surface area contributed by atoms with Crippen molar-refractivity contribution in [2.24, 2.45) is 11.7 Å². The molecular weight excluding hydrogens is 289 g/mol. The molecule has 2 unspecified atom stereocenters. The lowest BCUT2D eigenvalue weighted by Crippen LogP contribution is -2.54. The molecule has 0 spiro atoms. The minimum atomic E-state index is -0.293. The van der Waals surface area contributed by atoms with Gasteiger partial charge in [-0.3, -0.25) is 4.79 Å². The fourth-order valence-corrected chi connectivity index (χ4v) is 3.37. The Morgan fingerprint density at radius 1 is 1.43 bits per heavy atom. The van der Waals surface area contributed by atoms with Crippen LogP contribution in [0.15, 0.2) is 18.2 Å². The molecule has 0 aromatic heterocycles. The van der Waals surface area contributed by atoms with E-state index in [1.807, 2.05) is 0 Å².